The summed E-state index contributed by atoms with van der Waals surface area (Å²) >= 11 is 5.59. The molecule has 0 bridgehead atoms. The molecule has 0 aliphatic rings. The first-order valence-electron chi connectivity index (χ1n) is 14.1. The molecule has 0 atom stereocenters. The molecule has 1 heterocycles. The topological polar surface area (TPSA) is 13.1 Å². The molecule has 1 aromatic heterocycles. The number of hydrogen-bond acceptors (Lipinski definition) is 2. The highest BCUT2D eigenvalue weighted by molar-refractivity contribution is 9.10. The summed E-state index contributed by atoms with van der Waals surface area (Å²) in [6, 6.07) is 37.3. The number of halogens is 1. The molecule has 0 saturated heterocycles. The lowest BCUT2D eigenvalue weighted by Gasteiger charge is -2.26. The molecule has 6 rings (SSSR count). The van der Waals surface area contributed by atoms with E-state index in [4.69, 9.17) is 4.42 Å². The zero-order valence-electron chi connectivity index (χ0n) is 24.5. The standard InChI is InChI=1S/C38H35BrOS/c1-37(2,3)27-17-25(18-28(22-27)38(4,5)6)24-11-9-12-30(20-24)41-31-21-26(19-29(39)23-31)32-14-10-16-35-36(32)33-13-7-8-15-34(33)40-35/h7-23H,1-6H3. The van der Waals surface area contributed by atoms with Crippen LogP contribution in [-0.2, 0) is 10.8 Å². The molecule has 0 radical (unpaired) electrons. The van der Waals surface area contributed by atoms with E-state index in [1.807, 2.05) is 12.1 Å². The quantitative estimate of drug-likeness (QED) is 0.195. The maximum absolute atomic E-state index is 6.17. The predicted molar refractivity (Wildman–Crippen MR) is 180 cm³/mol. The van der Waals surface area contributed by atoms with Crippen LogP contribution in [0.1, 0.15) is 52.7 Å². The molecule has 1 nitrogen and oxygen atoms in total. The van der Waals surface area contributed by atoms with Crippen molar-refractivity contribution in [3.63, 3.8) is 0 Å². The highest BCUT2D eigenvalue weighted by Gasteiger charge is 2.21. The zero-order valence-corrected chi connectivity index (χ0v) is 26.9. The SMILES string of the molecule is CC(C)(C)c1cc(-c2cccc(Sc3cc(Br)cc(-c4cccc5oc6ccccc6c45)c3)c2)cc(C(C)(C)C)c1. The number of benzene rings is 5. The van der Waals surface area contributed by atoms with E-state index < -0.39 is 0 Å². The van der Waals surface area contributed by atoms with Gasteiger partial charge in [0.05, 0.1) is 0 Å². The lowest BCUT2D eigenvalue weighted by molar-refractivity contribution is 0.569. The molecule has 5 aromatic carbocycles. The Bertz CT molecular complexity index is 1870. The van der Waals surface area contributed by atoms with Crippen molar-refractivity contribution >= 4 is 49.6 Å². The first-order chi connectivity index (χ1) is 19.5. The van der Waals surface area contributed by atoms with Gasteiger partial charge in [0.25, 0.3) is 0 Å². The van der Waals surface area contributed by atoms with Crippen molar-refractivity contribution < 1.29 is 4.42 Å². The van der Waals surface area contributed by atoms with Crippen LogP contribution < -0.4 is 0 Å². The Morgan fingerprint density at radius 2 is 1.22 bits per heavy atom. The van der Waals surface area contributed by atoms with Gasteiger partial charge in [-0.25, -0.2) is 0 Å². The van der Waals surface area contributed by atoms with Crippen LogP contribution in [0, 0.1) is 0 Å². The van der Waals surface area contributed by atoms with E-state index in [0.717, 1.165) is 26.4 Å². The Kier molecular flexibility index (Phi) is 7.16. The fourth-order valence-corrected chi connectivity index (χ4v) is 6.95. The molecule has 0 amide bonds. The second-order valence-electron chi connectivity index (χ2n) is 12.9. The molecule has 0 aliphatic carbocycles. The minimum absolute atomic E-state index is 0.0816. The summed E-state index contributed by atoms with van der Waals surface area (Å²) in [5.74, 6) is 0. The molecule has 0 saturated carbocycles. The van der Waals surface area contributed by atoms with Gasteiger partial charge in [-0.1, -0.05) is 130 Å². The van der Waals surface area contributed by atoms with Gasteiger partial charge in [-0.05, 0) is 86.7 Å². The van der Waals surface area contributed by atoms with Crippen molar-refractivity contribution in [1.82, 2.24) is 0 Å². The monoisotopic (exact) mass is 618 g/mol. The maximum atomic E-state index is 6.17. The van der Waals surface area contributed by atoms with Crippen LogP contribution in [0.4, 0.5) is 0 Å². The number of hydrogen-bond donors (Lipinski definition) is 0. The molecule has 0 aliphatic heterocycles. The van der Waals surface area contributed by atoms with Crippen LogP contribution in [0.5, 0.6) is 0 Å². The Morgan fingerprint density at radius 1 is 0.561 bits per heavy atom. The largest absolute Gasteiger partial charge is 0.456 e. The lowest BCUT2D eigenvalue weighted by atomic mass is 9.79. The summed E-state index contributed by atoms with van der Waals surface area (Å²) in [7, 11) is 0. The number of para-hydroxylation sites is 1. The van der Waals surface area contributed by atoms with Crippen LogP contribution >= 0.6 is 27.7 Å². The van der Waals surface area contributed by atoms with E-state index in [0.29, 0.717) is 0 Å². The van der Waals surface area contributed by atoms with Gasteiger partial charge in [0.15, 0.2) is 0 Å². The third-order valence-electron chi connectivity index (χ3n) is 7.65. The predicted octanol–water partition coefficient (Wildman–Crippen LogP) is 12.4. The third kappa shape index (κ3) is 5.76. The smallest absolute Gasteiger partial charge is 0.136 e. The Hall–Kier alpha value is -3.27. The van der Waals surface area contributed by atoms with Crippen molar-refractivity contribution in [2.45, 2.75) is 62.2 Å². The highest BCUT2D eigenvalue weighted by atomic mass is 79.9. The molecule has 0 unspecified atom stereocenters. The number of fused-ring (bicyclic) bond motifs is 3. The number of rotatable bonds is 4. The summed E-state index contributed by atoms with van der Waals surface area (Å²) < 4.78 is 7.23. The number of furan rings is 1. The Labute approximate surface area is 256 Å². The van der Waals surface area contributed by atoms with Crippen LogP contribution in [0.3, 0.4) is 0 Å². The molecule has 0 N–H and O–H groups in total. The minimum Gasteiger partial charge on any atom is -0.456 e. The summed E-state index contributed by atoms with van der Waals surface area (Å²) in [5.41, 5.74) is 9.61. The molecule has 0 fully saturated rings. The van der Waals surface area contributed by atoms with Crippen molar-refractivity contribution in [3.05, 3.63) is 119 Å². The lowest BCUT2D eigenvalue weighted by Crippen LogP contribution is -2.16. The molecular formula is C38H35BrOS. The van der Waals surface area contributed by atoms with E-state index in [-0.39, 0.29) is 10.8 Å². The van der Waals surface area contributed by atoms with Crippen LogP contribution in [-0.4, -0.2) is 0 Å². The molecule has 206 valence electrons. The van der Waals surface area contributed by atoms with Gasteiger partial charge >= 0.3 is 0 Å². The minimum atomic E-state index is 0.0816. The van der Waals surface area contributed by atoms with Crippen LogP contribution in [0.25, 0.3) is 44.2 Å². The maximum Gasteiger partial charge on any atom is 0.136 e. The van der Waals surface area contributed by atoms with E-state index in [2.05, 4.69) is 148 Å². The van der Waals surface area contributed by atoms with Gasteiger partial charge in [0.1, 0.15) is 11.2 Å². The average molecular weight is 620 g/mol. The van der Waals surface area contributed by atoms with E-state index in [9.17, 15) is 0 Å². The van der Waals surface area contributed by atoms with Crippen molar-refractivity contribution in [3.8, 4) is 22.3 Å². The molecule has 6 aromatic rings. The van der Waals surface area contributed by atoms with Crippen molar-refractivity contribution in [2.24, 2.45) is 0 Å². The summed E-state index contributed by atoms with van der Waals surface area (Å²) in [6.07, 6.45) is 0. The highest BCUT2D eigenvalue weighted by Crippen LogP contribution is 2.41. The molecule has 41 heavy (non-hydrogen) atoms. The second kappa shape index (κ2) is 10.5. The average Bonchev–Trinajstić information content (AvgIpc) is 3.31. The molecule has 3 heteroatoms. The van der Waals surface area contributed by atoms with Crippen molar-refractivity contribution in [1.29, 1.82) is 0 Å². The van der Waals surface area contributed by atoms with Crippen LogP contribution in [0.15, 0.2) is 122 Å². The van der Waals surface area contributed by atoms with Crippen molar-refractivity contribution in [2.75, 3.05) is 0 Å². The fraction of sp³-hybridized carbons (Fsp3) is 0.211. The van der Waals surface area contributed by atoms with E-state index >= 15 is 0 Å². The first kappa shape index (κ1) is 27.9. The molecule has 0 spiro atoms. The zero-order chi connectivity index (χ0) is 28.9. The van der Waals surface area contributed by atoms with Gasteiger partial charge in [0, 0.05) is 25.0 Å². The normalized spacial score (nSPS) is 12.4. The summed E-state index contributed by atoms with van der Waals surface area (Å²) in [4.78, 5) is 2.41. The van der Waals surface area contributed by atoms with Gasteiger partial charge < -0.3 is 4.42 Å². The summed E-state index contributed by atoms with van der Waals surface area (Å²) in [6.45, 7) is 13.8. The van der Waals surface area contributed by atoms with Gasteiger partial charge in [-0.2, -0.15) is 0 Å². The molecular weight excluding hydrogens is 584 g/mol. The Morgan fingerprint density at radius 3 is 1.95 bits per heavy atom. The van der Waals surface area contributed by atoms with E-state index in [1.54, 1.807) is 11.8 Å². The van der Waals surface area contributed by atoms with Gasteiger partial charge in [-0.15, -0.1) is 0 Å². The first-order valence-corrected chi connectivity index (χ1v) is 15.7. The second-order valence-corrected chi connectivity index (χ2v) is 14.9. The fourth-order valence-electron chi connectivity index (χ4n) is 5.33. The summed E-state index contributed by atoms with van der Waals surface area (Å²) in [5, 5.41) is 2.31. The van der Waals surface area contributed by atoms with E-state index in [1.165, 1.54) is 43.2 Å². The van der Waals surface area contributed by atoms with Gasteiger partial charge in [-0.3, -0.25) is 0 Å². The Balaban J connectivity index is 1.39. The van der Waals surface area contributed by atoms with Crippen LogP contribution in [0.2, 0.25) is 0 Å². The third-order valence-corrected chi connectivity index (χ3v) is 9.07. The van der Waals surface area contributed by atoms with Gasteiger partial charge in [0.2, 0.25) is 0 Å².